The van der Waals surface area contributed by atoms with E-state index in [1.165, 1.54) is 0 Å². The molecule has 1 saturated heterocycles. The molecule has 0 radical (unpaired) electrons. The quantitative estimate of drug-likeness (QED) is 0.792. The normalized spacial score (nSPS) is 23.6. The maximum Gasteiger partial charge on any atom is 0.248 e. The van der Waals surface area contributed by atoms with Gasteiger partial charge in [0.25, 0.3) is 0 Å². The number of halogens is 2. The van der Waals surface area contributed by atoms with Gasteiger partial charge in [0, 0.05) is 36.8 Å². The summed E-state index contributed by atoms with van der Waals surface area (Å²) < 4.78 is 32.0. The van der Waals surface area contributed by atoms with Crippen LogP contribution in [0.3, 0.4) is 0 Å². The van der Waals surface area contributed by atoms with Gasteiger partial charge >= 0.3 is 0 Å². The van der Waals surface area contributed by atoms with Crippen molar-refractivity contribution in [2.45, 2.75) is 83.1 Å². The Hall–Kier alpha value is -1.79. The summed E-state index contributed by atoms with van der Waals surface area (Å²) in [6, 6.07) is 1.32. The van der Waals surface area contributed by atoms with E-state index in [1.54, 1.807) is 11.0 Å². The smallest absolute Gasteiger partial charge is 0.248 e. The van der Waals surface area contributed by atoms with Gasteiger partial charge in [0.15, 0.2) is 5.78 Å². The summed E-state index contributed by atoms with van der Waals surface area (Å²) in [7, 11) is 0. The topological polar surface area (TPSA) is 63.4 Å². The van der Waals surface area contributed by atoms with E-state index in [1.807, 2.05) is 20.8 Å². The Bertz CT molecular complexity index is 698. The summed E-state index contributed by atoms with van der Waals surface area (Å²) in [6.45, 7) is 6.53. The van der Waals surface area contributed by atoms with Crippen LogP contribution < -0.4 is 0 Å². The zero-order valence-electron chi connectivity index (χ0n) is 16.3. The Balaban J connectivity index is 1.62. The van der Waals surface area contributed by atoms with Crippen molar-refractivity contribution in [2.24, 2.45) is 5.92 Å². The van der Waals surface area contributed by atoms with Crippen molar-refractivity contribution in [1.82, 2.24) is 10.1 Å². The average molecular weight is 382 g/mol. The molecule has 150 valence electrons. The zero-order valence-corrected chi connectivity index (χ0v) is 16.3. The molecule has 1 aliphatic heterocycles. The van der Waals surface area contributed by atoms with E-state index in [4.69, 9.17) is 4.52 Å². The van der Waals surface area contributed by atoms with Crippen LogP contribution in [-0.4, -0.2) is 40.3 Å². The average Bonchev–Trinajstić information content (AvgIpc) is 3.22. The van der Waals surface area contributed by atoms with Crippen LogP contribution in [0.15, 0.2) is 10.6 Å². The molecule has 3 rings (SSSR count). The van der Waals surface area contributed by atoms with Crippen molar-refractivity contribution in [3.8, 4) is 0 Å². The minimum Gasteiger partial charge on any atom is -0.361 e. The molecule has 2 heterocycles. The van der Waals surface area contributed by atoms with Gasteiger partial charge in [-0.3, -0.25) is 9.59 Å². The van der Waals surface area contributed by atoms with Gasteiger partial charge in [-0.1, -0.05) is 25.9 Å². The number of hydrogen-bond donors (Lipinski definition) is 0. The summed E-state index contributed by atoms with van der Waals surface area (Å²) in [6.07, 6.45) is 1.41. The van der Waals surface area contributed by atoms with Gasteiger partial charge in [0.2, 0.25) is 11.8 Å². The Labute approximate surface area is 158 Å². The van der Waals surface area contributed by atoms with E-state index >= 15 is 0 Å². The van der Waals surface area contributed by atoms with Crippen LogP contribution in [0.4, 0.5) is 8.78 Å². The van der Waals surface area contributed by atoms with Gasteiger partial charge in [-0.05, 0) is 25.7 Å². The lowest BCUT2D eigenvalue weighted by molar-refractivity contribution is -0.144. The molecule has 0 unspecified atom stereocenters. The van der Waals surface area contributed by atoms with Gasteiger partial charge in [-0.2, -0.15) is 0 Å². The van der Waals surface area contributed by atoms with E-state index in [0.29, 0.717) is 24.4 Å². The van der Waals surface area contributed by atoms with E-state index in [0.717, 1.165) is 6.42 Å². The molecular formula is C20H28F2N2O3. The largest absolute Gasteiger partial charge is 0.361 e. The van der Waals surface area contributed by atoms with Crippen molar-refractivity contribution in [1.29, 1.82) is 0 Å². The summed E-state index contributed by atoms with van der Waals surface area (Å²) in [4.78, 5) is 27.2. The lowest BCUT2D eigenvalue weighted by Crippen LogP contribution is -2.45. The van der Waals surface area contributed by atoms with E-state index in [-0.39, 0.29) is 49.2 Å². The standard InChI is InChI=1S/C20H28F2N2O3/c1-19(2,3)17-12-14(23-27-17)11-16(25)15-5-4-10-24(15)18(26)13-6-8-20(21,22)9-7-13/h12-13,15H,4-11H2,1-3H3/t15-/m0/s1. The maximum absolute atomic E-state index is 13.4. The number of Topliss-reactive ketones (excluding diaryl/α,β-unsaturated/α-hetero) is 1. The second-order valence-electron chi connectivity index (χ2n) is 8.90. The Morgan fingerprint density at radius 1 is 1.26 bits per heavy atom. The first-order chi connectivity index (χ1) is 12.6. The summed E-state index contributed by atoms with van der Waals surface area (Å²) in [5, 5.41) is 3.99. The molecule has 2 aliphatic rings. The highest BCUT2D eigenvalue weighted by molar-refractivity contribution is 5.91. The third-order valence-corrected chi connectivity index (χ3v) is 5.63. The van der Waals surface area contributed by atoms with Crippen LogP contribution in [0.2, 0.25) is 0 Å². The molecule has 0 N–H and O–H groups in total. The highest BCUT2D eigenvalue weighted by atomic mass is 19.3. The van der Waals surface area contributed by atoms with Gasteiger partial charge in [-0.15, -0.1) is 0 Å². The van der Waals surface area contributed by atoms with Crippen LogP contribution in [-0.2, 0) is 21.4 Å². The molecule has 1 aromatic rings. The molecule has 0 bridgehead atoms. The predicted molar refractivity (Wildman–Crippen MR) is 95.6 cm³/mol. The number of nitrogens with zero attached hydrogens (tertiary/aromatic N) is 2. The van der Waals surface area contributed by atoms with Crippen LogP contribution in [0, 0.1) is 5.92 Å². The lowest BCUT2D eigenvalue weighted by Gasteiger charge is -2.32. The first-order valence-corrected chi connectivity index (χ1v) is 9.74. The maximum atomic E-state index is 13.4. The van der Waals surface area contributed by atoms with Crippen molar-refractivity contribution in [3.63, 3.8) is 0 Å². The third-order valence-electron chi connectivity index (χ3n) is 5.63. The van der Waals surface area contributed by atoms with Crippen molar-refractivity contribution < 1.29 is 22.9 Å². The van der Waals surface area contributed by atoms with Crippen molar-refractivity contribution in [2.75, 3.05) is 6.54 Å². The highest BCUT2D eigenvalue weighted by Gasteiger charge is 2.42. The van der Waals surface area contributed by atoms with Gasteiger partial charge in [0.05, 0.1) is 18.2 Å². The molecule has 0 aromatic carbocycles. The molecule has 5 nitrogen and oxygen atoms in total. The molecule has 1 saturated carbocycles. The SMILES string of the molecule is CC(C)(C)c1cc(CC(=O)[C@@H]2CCCN2C(=O)C2CCC(F)(F)CC2)no1. The second kappa shape index (κ2) is 7.32. The minimum absolute atomic E-state index is 0.0595. The fourth-order valence-corrected chi connectivity index (χ4v) is 3.93. The summed E-state index contributed by atoms with van der Waals surface area (Å²) in [5.41, 5.74) is 0.383. The number of hydrogen-bond acceptors (Lipinski definition) is 4. The summed E-state index contributed by atoms with van der Waals surface area (Å²) in [5.74, 6) is -2.53. The van der Waals surface area contributed by atoms with E-state index < -0.39 is 17.9 Å². The zero-order chi connectivity index (χ0) is 19.8. The van der Waals surface area contributed by atoms with Gasteiger partial charge in [-0.25, -0.2) is 8.78 Å². The molecule has 1 aliphatic carbocycles. The molecule has 1 atom stereocenters. The Morgan fingerprint density at radius 3 is 2.52 bits per heavy atom. The molecule has 7 heteroatoms. The number of likely N-dealkylation sites (tertiary alicyclic amines) is 1. The van der Waals surface area contributed by atoms with Crippen molar-refractivity contribution >= 4 is 11.7 Å². The first-order valence-electron chi connectivity index (χ1n) is 9.74. The Morgan fingerprint density at radius 2 is 1.93 bits per heavy atom. The fraction of sp³-hybridized carbons (Fsp3) is 0.750. The van der Waals surface area contributed by atoms with Crippen LogP contribution in [0.25, 0.3) is 0 Å². The predicted octanol–water partition coefficient (Wildman–Crippen LogP) is 3.90. The minimum atomic E-state index is -2.66. The number of amides is 1. The number of aromatic nitrogens is 1. The van der Waals surface area contributed by atoms with Gasteiger partial charge < -0.3 is 9.42 Å². The molecule has 1 aromatic heterocycles. The third kappa shape index (κ3) is 4.55. The monoisotopic (exact) mass is 382 g/mol. The molecule has 2 fully saturated rings. The van der Waals surface area contributed by atoms with Gasteiger partial charge in [0.1, 0.15) is 5.76 Å². The summed E-state index contributed by atoms with van der Waals surface area (Å²) >= 11 is 0. The molecule has 0 spiro atoms. The van der Waals surface area contributed by atoms with Crippen LogP contribution in [0.5, 0.6) is 0 Å². The lowest BCUT2D eigenvalue weighted by atomic mass is 9.85. The number of carbonyl (C=O) groups is 2. The van der Waals surface area contributed by atoms with Crippen molar-refractivity contribution in [3.05, 3.63) is 17.5 Å². The first kappa shape index (κ1) is 20.0. The number of ketones is 1. The number of rotatable bonds is 4. The molecule has 27 heavy (non-hydrogen) atoms. The van der Waals surface area contributed by atoms with E-state index in [9.17, 15) is 18.4 Å². The molecular weight excluding hydrogens is 354 g/mol. The van der Waals surface area contributed by atoms with E-state index in [2.05, 4.69) is 5.16 Å². The number of carbonyl (C=O) groups excluding carboxylic acids is 2. The highest BCUT2D eigenvalue weighted by Crippen LogP contribution is 2.37. The Kier molecular flexibility index (Phi) is 5.41. The van der Waals surface area contributed by atoms with Crippen LogP contribution in [0.1, 0.15) is 70.8 Å². The number of alkyl halides is 2. The molecule has 1 amide bonds. The second-order valence-corrected chi connectivity index (χ2v) is 8.90. The van der Waals surface area contributed by atoms with Crippen LogP contribution >= 0.6 is 0 Å². The fourth-order valence-electron chi connectivity index (χ4n) is 3.93.